The molecule has 0 amide bonds. The first-order chi connectivity index (χ1) is 20.9. The van der Waals surface area contributed by atoms with Crippen molar-refractivity contribution in [3.05, 3.63) is 117 Å². The molecular weight excluding hydrogens is 613 g/mol. The summed E-state index contributed by atoms with van der Waals surface area (Å²) >= 11 is 3.32. The number of thiophene rings is 2. The van der Waals surface area contributed by atoms with Gasteiger partial charge in [-0.2, -0.15) is 26.3 Å². The number of halogens is 6. The Morgan fingerprint density at radius 3 is 1.64 bits per heavy atom. The van der Waals surface area contributed by atoms with Crippen LogP contribution in [0.4, 0.5) is 26.3 Å². The van der Waals surface area contributed by atoms with E-state index in [-0.39, 0.29) is 5.92 Å². The smallest absolute Gasteiger partial charge is 0.299 e. The minimum Gasteiger partial charge on any atom is -0.299 e. The monoisotopic (exact) mass is 631 g/mol. The number of fused-ring (bicyclic) bond motifs is 9. The Labute approximate surface area is 255 Å². The van der Waals surface area contributed by atoms with Crippen LogP contribution in [0, 0.1) is 5.41 Å². The minimum atomic E-state index is -4.40. The van der Waals surface area contributed by atoms with E-state index in [4.69, 9.17) is 5.41 Å². The highest BCUT2D eigenvalue weighted by Gasteiger charge is 2.37. The Morgan fingerprint density at radius 2 is 1.07 bits per heavy atom. The Kier molecular flexibility index (Phi) is 5.69. The van der Waals surface area contributed by atoms with Gasteiger partial charge in [-0.1, -0.05) is 55.5 Å². The van der Waals surface area contributed by atoms with Gasteiger partial charge in [-0.3, -0.25) is 5.41 Å². The van der Waals surface area contributed by atoms with Crippen LogP contribution in [0.5, 0.6) is 0 Å². The second kappa shape index (κ2) is 9.15. The van der Waals surface area contributed by atoms with Crippen LogP contribution in [0.1, 0.15) is 44.8 Å². The molecule has 44 heavy (non-hydrogen) atoms. The molecule has 2 aliphatic rings. The summed E-state index contributed by atoms with van der Waals surface area (Å²) in [6.07, 6.45) is -8.78. The van der Waals surface area contributed by atoms with Gasteiger partial charge >= 0.3 is 12.4 Å². The summed E-state index contributed by atoms with van der Waals surface area (Å²) < 4.78 is 80.5. The molecule has 2 aliphatic carbocycles. The topological polar surface area (TPSA) is 23.9 Å². The van der Waals surface area contributed by atoms with Crippen molar-refractivity contribution in [2.75, 3.05) is 0 Å². The highest BCUT2D eigenvalue weighted by Crippen LogP contribution is 2.59. The SMILES string of the molecule is CC1c2cc(-c3ccc(C(F)(F)F)cc3)ccc2-c2c1sc1c3c(sc21)C(=N)c1cc(-c2ccc(C(F)(F)F)cc2)ccc1-3. The Balaban J connectivity index is 1.17. The van der Waals surface area contributed by atoms with Crippen molar-refractivity contribution in [1.29, 1.82) is 5.41 Å². The van der Waals surface area contributed by atoms with E-state index < -0.39 is 23.5 Å². The summed E-state index contributed by atoms with van der Waals surface area (Å²) in [5.41, 5.74) is 8.23. The fourth-order valence-corrected chi connectivity index (χ4v) is 9.35. The van der Waals surface area contributed by atoms with Gasteiger partial charge in [0.15, 0.2) is 0 Å². The van der Waals surface area contributed by atoms with E-state index in [2.05, 4.69) is 19.1 Å². The van der Waals surface area contributed by atoms with Gasteiger partial charge in [0.2, 0.25) is 0 Å². The van der Waals surface area contributed by atoms with Crippen LogP contribution in [0.25, 0.3) is 53.9 Å². The second-order valence-corrected chi connectivity index (χ2v) is 13.2. The molecular formula is C35H19F6NS2. The van der Waals surface area contributed by atoms with E-state index in [0.717, 1.165) is 83.1 Å². The Hall–Kier alpha value is -4.21. The highest BCUT2D eigenvalue weighted by molar-refractivity contribution is 7.31. The molecule has 6 aromatic rings. The molecule has 1 atom stereocenters. The largest absolute Gasteiger partial charge is 0.416 e. The van der Waals surface area contributed by atoms with E-state index in [1.54, 1.807) is 22.7 Å². The van der Waals surface area contributed by atoms with Crippen molar-refractivity contribution in [2.45, 2.75) is 25.2 Å². The third kappa shape index (κ3) is 3.95. The lowest BCUT2D eigenvalue weighted by molar-refractivity contribution is -0.138. The molecule has 218 valence electrons. The van der Waals surface area contributed by atoms with Gasteiger partial charge in [-0.15, -0.1) is 22.7 Å². The van der Waals surface area contributed by atoms with Gasteiger partial charge in [-0.05, 0) is 75.3 Å². The first-order valence-electron chi connectivity index (χ1n) is 13.7. The zero-order valence-corrected chi connectivity index (χ0v) is 24.4. The van der Waals surface area contributed by atoms with E-state index in [1.807, 2.05) is 24.3 Å². The quantitative estimate of drug-likeness (QED) is 0.184. The standard InChI is InChI=1S/C35H19F6NS2/c1-16-25-14-19(17-2-8-21(9-3-17)34(36,37)38)6-12-23(25)27-30(16)43-33-28-24-13-7-20(15-26(24)29(42)31(28)44-32(27)33)18-4-10-22(11-5-18)35(39,40)41/h2-16,42H,1H3. The van der Waals surface area contributed by atoms with Crippen LogP contribution in [-0.2, 0) is 12.4 Å². The molecule has 0 bridgehead atoms. The zero-order valence-electron chi connectivity index (χ0n) is 22.7. The van der Waals surface area contributed by atoms with Crippen molar-refractivity contribution in [3.8, 4) is 44.5 Å². The predicted octanol–water partition coefficient (Wildman–Crippen LogP) is 11.9. The number of alkyl halides is 6. The van der Waals surface area contributed by atoms with E-state index in [9.17, 15) is 26.3 Å². The van der Waals surface area contributed by atoms with Crippen LogP contribution in [-0.4, -0.2) is 5.71 Å². The van der Waals surface area contributed by atoms with Gasteiger partial charge in [-0.25, -0.2) is 0 Å². The number of hydrogen-bond acceptors (Lipinski definition) is 3. The van der Waals surface area contributed by atoms with Crippen LogP contribution in [0.3, 0.4) is 0 Å². The molecule has 9 heteroatoms. The summed E-state index contributed by atoms with van der Waals surface area (Å²) in [6.45, 7) is 2.15. The molecule has 0 saturated carbocycles. The van der Waals surface area contributed by atoms with Gasteiger partial charge in [0, 0.05) is 27.5 Å². The van der Waals surface area contributed by atoms with Crippen molar-refractivity contribution < 1.29 is 26.3 Å². The summed E-state index contributed by atoms with van der Waals surface area (Å²) in [5, 5.41) is 9.01. The normalized spacial score (nSPS) is 15.4. The molecule has 0 spiro atoms. The molecule has 2 aromatic heterocycles. The maximum absolute atomic E-state index is 13.1. The number of hydrogen-bond donors (Lipinski definition) is 1. The van der Waals surface area contributed by atoms with Crippen LogP contribution in [0.2, 0.25) is 0 Å². The molecule has 0 fully saturated rings. The summed E-state index contributed by atoms with van der Waals surface area (Å²) in [6, 6.07) is 22.1. The molecule has 8 rings (SSSR count). The third-order valence-electron chi connectivity index (χ3n) is 8.61. The predicted molar refractivity (Wildman–Crippen MR) is 165 cm³/mol. The Morgan fingerprint density at radius 1 is 0.568 bits per heavy atom. The van der Waals surface area contributed by atoms with E-state index in [0.29, 0.717) is 11.3 Å². The van der Waals surface area contributed by atoms with E-state index in [1.165, 1.54) is 34.7 Å². The third-order valence-corrected chi connectivity index (χ3v) is 11.4. The molecule has 0 saturated heterocycles. The van der Waals surface area contributed by atoms with Crippen LogP contribution < -0.4 is 0 Å². The molecule has 1 nitrogen and oxygen atoms in total. The summed E-state index contributed by atoms with van der Waals surface area (Å²) in [4.78, 5) is 2.12. The molecule has 4 aromatic carbocycles. The lowest BCUT2D eigenvalue weighted by atomic mass is 9.95. The number of rotatable bonds is 2. The van der Waals surface area contributed by atoms with Crippen LogP contribution >= 0.6 is 22.7 Å². The summed E-state index contributed by atoms with van der Waals surface area (Å²) in [5.74, 6) is 0.108. The average molecular weight is 632 g/mol. The van der Waals surface area contributed by atoms with Gasteiger partial charge < -0.3 is 0 Å². The molecule has 1 unspecified atom stereocenters. The fraction of sp³-hybridized carbons (Fsp3) is 0.114. The molecule has 0 radical (unpaired) electrons. The van der Waals surface area contributed by atoms with Crippen molar-refractivity contribution >= 4 is 37.8 Å². The minimum absolute atomic E-state index is 0.108. The molecule has 0 aliphatic heterocycles. The van der Waals surface area contributed by atoms with Crippen molar-refractivity contribution in [2.24, 2.45) is 0 Å². The maximum atomic E-state index is 13.1. The first-order valence-corrected chi connectivity index (χ1v) is 15.4. The van der Waals surface area contributed by atoms with Gasteiger partial charge in [0.1, 0.15) is 0 Å². The van der Waals surface area contributed by atoms with Crippen molar-refractivity contribution in [3.63, 3.8) is 0 Å². The lowest BCUT2D eigenvalue weighted by Crippen LogP contribution is -2.04. The number of benzene rings is 4. The first kappa shape index (κ1) is 27.3. The fourth-order valence-electron chi connectivity index (χ4n) is 6.38. The van der Waals surface area contributed by atoms with Gasteiger partial charge in [0.25, 0.3) is 0 Å². The maximum Gasteiger partial charge on any atom is 0.416 e. The van der Waals surface area contributed by atoms with Crippen molar-refractivity contribution in [1.82, 2.24) is 0 Å². The molecule has 1 N–H and O–H groups in total. The Bertz CT molecular complexity index is 2160. The zero-order chi connectivity index (χ0) is 30.7. The highest BCUT2D eigenvalue weighted by atomic mass is 32.1. The van der Waals surface area contributed by atoms with E-state index >= 15 is 0 Å². The average Bonchev–Trinajstić information content (AvgIpc) is 3.69. The second-order valence-electron chi connectivity index (χ2n) is 11.1. The van der Waals surface area contributed by atoms with Gasteiger partial charge in [0.05, 0.1) is 31.1 Å². The summed E-state index contributed by atoms with van der Waals surface area (Å²) in [7, 11) is 0. The van der Waals surface area contributed by atoms with Crippen LogP contribution in [0.15, 0.2) is 84.9 Å². The molecule has 2 heterocycles. The number of nitrogens with one attached hydrogen (secondary N) is 1. The lowest BCUT2D eigenvalue weighted by Gasteiger charge is -2.11.